The molecule has 0 amide bonds. The van der Waals surface area contributed by atoms with Crippen LogP contribution in [0.25, 0.3) is 16.2 Å². The maximum atomic E-state index is 13.1. The zero-order valence-electron chi connectivity index (χ0n) is 13.4. The normalized spacial score (nSPS) is 10.8. The molecular formula is C16H11FN6O2S. The highest BCUT2D eigenvalue weighted by molar-refractivity contribution is 7.15. The standard InChI is InChI=1S/C16H11FN6O2S/c1-25-14(24)11-6-7-13(21-20-11)18-15-19-16-23(22-15)12(8-26-16)9-2-4-10(17)5-3-9/h2-8H,1H3,(H,18,21,22). The van der Waals surface area contributed by atoms with E-state index < -0.39 is 5.97 Å². The Labute approximate surface area is 150 Å². The Hall–Kier alpha value is -3.40. The smallest absolute Gasteiger partial charge is 0.358 e. The number of aromatic nitrogens is 5. The highest BCUT2D eigenvalue weighted by Crippen LogP contribution is 2.26. The molecule has 0 unspecified atom stereocenters. The van der Waals surface area contributed by atoms with Crippen LogP contribution in [0.2, 0.25) is 0 Å². The molecule has 0 spiro atoms. The van der Waals surface area contributed by atoms with Crippen molar-refractivity contribution in [2.75, 3.05) is 12.4 Å². The third-order valence-electron chi connectivity index (χ3n) is 3.52. The predicted octanol–water partition coefficient (Wildman–Crippen LogP) is 2.92. The molecule has 0 atom stereocenters. The third-order valence-corrected chi connectivity index (χ3v) is 4.34. The lowest BCUT2D eigenvalue weighted by molar-refractivity contribution is 0.0593. The summed E-state index contributed by atoms with van der Waals surface area (Å²) in [4.78, 5) is 16.4. The Morgan fingerprint density at radius 1 is 1.19 bits per heavy atom. The average Bonchev–Trinajstić information content (AvgIpc) is 3.22. The number of hydrogen-bond acceptors (Lipinski definition) is 8. The number of anilines is 2. The molecule has 0 radical (unpaired) electrons. The van der Waals surface area contributed by atoms with Gasteiger partial charge in [0.05, 0.1) is 12.8 Å². The zero-order chi connectivity index (χ0) is 18.1. The van der Waals surface area contributed by atoms with E-state index in [1.165, 1.54) is 36.6 Å². The summed E-state index contributed by atoms with van der Waals surface area (Å²) in [5, 5.41) is 16.9. The number of fused-ring (bicyclic) bond motifs is 1. The Bertz CT molecular complexity index is 1070. The number of nitrogens with zero attached hydrogens (tertiary/aromatic N) is 5. The number of nitrogens with one attached hydrogen (secondary N) is 1. The second kappa shape index (κ2) is 6.48. The van der Waals surface area contributed by atoms with Gasteiger partial charge in [0, 0.05) is 10.9 Å². The Balaban J connectivity index is 1.60. The first-order valence-electron chi connectivity index (χ1n) is 7.43. The first-order chi connectivity index (χ1) is 12.6. The number of hydrogen-bond donors (Lipinski definition) is 1. The predicted molar refractivity (Wildman–Crippen MR) is 92.9 cm³/mol. The summed E-state index contributed by atoms with van der Waals surface area (Å²) in [6.45, 7) is 0. The van der Waals surface area contributed by atoms with Gasteiger partial charge in [0.2, 0.25) is 10.9 Å². The molecule has 130 valence electrons. The first kappa shape index (κ1) is 16.1. The number of esters is 1. The molecule has 1 aromatic carbocycles. The van der Waals surface area contributed by atoms with Crippen LogP contribution in [0.4, 0.5) is 16.2 Å². The molecule has 0 aliphatic rings. The van der Waals surface area contributed by atoms with Gasteiger partial charge in [-0.2, -0.15) is 4.98 Å². The van der Waals surface area contributed by atoms with Crippen LogP contribution in [-0.4, -0.2) is 37.9 Å². The molecule has 0 aliphatic heterocycles. The average molecular weight is 370 g/mol. The number of methoxy groups -OCH3 is 1. The molecule has 1 N–H and O–H groups in total. The van der Waals surface area contributed by atoms with E-state index in [4.69, 9.17) is 0 Å². The van der Waals surface area contributed by atoms with Crippen LogP contribution < -0.4 is 5.32 Å². The monoisotopic (exact) mass is 370 g/mol. The van der Waals surface area contributed by atoms with E-state index in [1.807, 2.05) is 5.38 Å². The highest BCUT2D eigenvalue weighted by atomic mass is 32.1. The van der Waals surface area contributed by atoms with Gasteiger partial charge < -0.3 is 10.1 Å². The van der Waals surface area contributed by atoms with E-state index in [2.05, 4.69) is 30.3 Å². The second-order valence-corrected chi connectivity index (χ2v) is 6.01. The number of rotatable bonds is 4. The number of carbonyl (C=O) groups excluding carboxylic acids is 1. The molecule has 0 bridgehead atoms. The lowest BCUT2D eigenvalue weighted by Crippen LogP contribution is -2.06. The van der Waals surface area contributed by atoms with Crippen molar-refractivity contribution in [2.24, 2.45) is 0 Å². The van der Waals surface area contributed by atoms with E-state index in [0.29, 0.717) is 16.7 Å². The number of ether oxygens (including phenoxy) is 1. The van der Waals surface area contributed by atoms with E-state index in [-0.39, 0.29) is 11.5 Å². The lowest BCUT2D eigenvalue weighted by Gasteiger charge is -2.01. The largest absolute Gasteiger partial charge is 0.464 e. The van der Waals surface area contributed by atoms with Gasteiger partial charge in [-0.3, -0.25) is 0 Å². The molecule has 0 aliphatic carbocycles. The summed E-state index contributed by atoms with van der Waals surface area (Å²) in [5.41, 5.74) is 1.74. The fraction of sp³-hybridized carbons (Fsp3) is 0.0625. The minimum Gasteiger partial charge on any atom is -0.464 e. The van der Waals surface area contributed by atoms with E-state index in [9.17, 15) is 9.18 Å². The SMILES string of the molecule is COC(=O)c1ccc(Nc2nc3scc(-c4ccc(F)cc4)n3n2)nn1. The zero-order valence-corrected chi connectivity index (χ0v) is 14.2. The number of benzene rings is 1. The highest BCUT2D eigenvalue weighted by Gasteiger charge is 2.13. The first-order valence-corrected chi connectivity index (χ1v) is 8.31. The van der Waals surface area contributed by atoms with Gasteiger partial charge in [-0.1, -0.05) is 0 Å². The van der Waals surface area contributed by atoms with Gasteiger partial charge in [-0.15, -0.1) is 26.6 Å². The van der Waals surface area contributed by atoms with Crippen LogP contribution in [0.15, 0.2) is 41.8 Å². The van der Waals surface area contributed by atoms with Crippen molar-refractivity contribution in [1.82, 2.24) is 24.8 Å². The summed E-state index contributed by atoms with van der Waals surface area (Å²) < 4.78 is 19.3. The van der Waals surface area contributed by atoms with E-state index in [0.717, 1.165) is 11.3 Å². The number of thiazole rings is 1. The fourth-order valence-corrected chi connectivity index (χ4v) is 3.11. The Kier molecular flexibility index (Phi) is 4.01. The Morgan fingerprint density at radius 2 is 2.00 bits per heavy atom. The van der Waals surface area contributed by atoms with Crippen molar-refractivity contribution in [3.8, 4) is 11.3 Å². The summed E-state index contributed by atoms with van der Waals surface area (Å²) in [5.74, 6) is -0.136. The molecule has 3 heterocycles. The summed E-state index contributed by atoms with van der Waals surface area (Å²) in [6.07, 6.45) is 0. The summed E-state index contributed by atoms with van der Waals surface area (Å²) >= 11 is 1.41. The fourth-order valence-electron chi connectivity index (χ4n) is 2.28. The molecular weight excluding hydrogens is 359 g/mol. The molecule has 8 nitrogen and oxygen atoms in total. The van der Waals surface area contributed by atoms with Gasteiger partial charge in [-0.25, -0.2) is 13.7 Å². The van der Waals surface area contributed by atoms with Crippen molar-refractivity contribution >= 4 is 34.0 Å². The van der Waals surface area contributed by atoms with Crippen LogP contribution in [0.5, 0.6) is 0 Å². The summed E-state index contributed by atoms with van der Waals surface area (Å²) in [6, 6.07) is 9.23. The Morgan fingerprint density at radius 3 is 2.69 bits per heavy atom. The van der Waals surface area contributed by atoms with Gasteiger partial charge >= 0.3 is 5.97 Å². The van der Waals surface area contributed by atoms with Crippen LogP contribution in [0.1, 0.15) is 10.5 Å². The molecule has 0 saturated heterocycles. The molecule has 0 saturated carbocycles. The van der Waals surface area contributed by atoms with Crippen molar-refractivity contribution in [2.45, 2.75) is 0 Å². The van der Waals surface area contributed by atoms with Crippen LogP contribution >= 0.6 is 11.3 Å². The maximum absolute atomic E-state index is 13.1. The summed E-state index contributed by atoms with van der Waals surface area (Å²) in [7, 11) is 1.27. The molecule has 0 fully saturated rings. The van der Waals surface area contributed by atoms with Crippen molar-refractivity contribution in [1.29, 1.82) is 0 Å². The van der Waals surface area contributed by atoms with Gasteiger partial charge in [0.15, 0.2) is 11.5 Å². The third kappa shape index (κ3) is 2.97. The number of halogens is 1. The van der Waals surface area contributed by atoms with Gasteiger partial charge in [-0.05, 0) is 36.4 Å². The van der Waals surface area contributed by atoms with E-state index >= 15 is 0 Å². The number of carbonyl (C=O) groups is 1. The molecule has 26 heavy (non-hydrogen) atoms. The van der Waals surface area contributed by atoms with Crippen LogP contribution in [0, 0.1) is 5.82 Å². The second-order valence-electron chi connectivity index (χ2n) is 5.18. The quantitative estimate of drug-likeness (QED) is 0.552. The molecule has 3 aromatic heterocycles. The van der Waals surface area contributed by atoms with E-state index in [1.54, 1.807) is 22.7 Å². The molecule has 4 aromatic rings. The van der Waals surface area contributed by atoms with Crippen molar-refractivity contribution in [3.63, 3.8) is 0 Å². The molecule has 10 heteroatoms. The molecule has 4 rings (SSSR count). The minimum absolute atomic E-state index is 0.107. The van der Waals surface area contributed by atoms with Crippen LogP contribution in [0.3, 0.4) is 0 Å². The minimum atomic E-state index is -0.561. The van der Waals surface area contributed by atoms with Crippen molar-refractivity contribution < 1.29 is 13.9 Å². The van der Waals surface area contributed by atoms with Crippen LogP contribution in [-0.2, 0) is 4.74 Å². The van der Waals surface area contributed by atoms with Crippen molar-refractivity contribution in [3.05, 3.63) is 53.3 Å². The van der Waals surface area contributed by atoms with Gasteiger partial charge in [0.1, 0.15) is 5.82 Å². The van der Waals surface area contributed by atoms with Gasteiger partial charge in [0.25, 0.3) is 0 Å². The topological polar surface area (TPSA) is 94.3 Å². The lowest BCUT2D eigenvalue weighted by atomic mass is 10.2. The maximum Gasteiger partial charge on any atom is 0.358 e.